The normalized spacial score (nSPS) is 17.8. The van der Waals surface area contributed by atoms with E-state index in [-0.39, 0.29) is 10.2 Å². The van der Waals surface area contributed by atoms with Crippen molar-refractivity contribution in [3.8, 4) is 0 Å². The summed E-state index contributed by atoms with van der Waals surface area (Å²) in [6, 6.07) is 1.92. The van der Waals surface area contributed by atoms with Crippen LogP contribution in [0.15, 0.2) is 16.6 Å². The number of amides is 1. The van der Waals surface area contributed by atoms with Crippen molar-refractivity contribution in [3.05, 3.63) is 28.2 Å². The first-order valence-electron chi connectivity index (χ1n) is 5.67. The standard InChI is InChI=1S/C12H13BrF2N2O/c13-7-5-10(9(15)6-8(7)14)17-11(18)12(16)3-1-2-4-12/h5-6H,1-4,16H2,(H,17,18). The van der Waals surface area contributed by atoms with E-state index in [1.165, 1.54) is 6.07 Å². The van der Waals surface area contributed by atoms with Gasteiger partial charge in [-0.25, -0.2) is 8.78 Å². The van der Waals surface area contributed by atoms with Crippen molar-refractivity contribution in [2.75, 3.05) is 5.32 Å². The molecule has 18 heavy (non-hydrogen) atoms. The zero-order valence-electron chi connectivity index (χ0n) is 9.60. The van der Waals surface area contributed by atoms with E-state index in [0.717, 1.165) is 18.9 Å². The quantitative estimate of drug-likeness (QED) is 0.824. The molecule has 1 fully saturated rings. The van der Waals surface area contributed by atoms with Crippen LogP contribution >= 0.6 is 15.9 Å². The van der Waals surface area contributed by atoms with Crippen LogP contribution in [0.3, 0.4) is 0 Å². The second-order valence-electron chi connectivity index (χ2n) is 4.56. The third-order valence-corrected chi connectivity index (χ3v) is 3.81. The molecule has 0 bridgehead atoms. The maximum absolute atomic E-state index is 13.5. The fraction of sp³-hybridized carbons (Fsp3) is 0.417. The Kier molecular flexibility index (Phi) is 3.68. The van der Waals surface area contributed by atoms with E-state index in [1.807, 2.05) is 0 Å². The zero-order chi connectivity index (χ0) is 13.3. The van der Waals surface area contributed by atoms with E-state index in [9.17, 15) is 13.6 Å². The van der Waals surface area contributed by atoms with Crippen LogP contribution in [0.2, 0.25) is 0 Å². The van der Waals surface area contributed by atoms with Crippen LogP contribution in [0, 0.1) is 11.6 Å². The van der Waals surface area contributed by atoms with E-state index in [0.29, 0.717) is 12.8 Å². The van der Waals surface area contributed by atoms with Crippen molar-refractivity contribution in [2.45, 2.75) is 31.2 Å². The largest absolute Gasteiger partial charge is 0.322 e. The summed E-state index contributed by atoms with van der Waals surface area (Å²) in [5.41, 5.74) is 4.95. The molecule has 3 N–H and O–H groups in total. The first kappa shape index (κ1) is 13.4. The number of rotatable bonds is 2. The highest BCUT2D eigenvalue weighted by Crippen LogP contribution is 2.30. The van der Waals surface area contributed by atoms with Gasteiger partial charge in [0, 0.05) is 6.07 Å². The molecule has 0 aromatic heterocycles. The summed E-state index contributed by atoms with van der Waals surface area (Å²) in [5, 5.41) is 2.43. The summed E-state index contributed by atoms with van der Waals surface area (Å²) < 4.78 is 26.6. The van der Waals surface area contributed by atoms with Gasteiger partial charge in [0.25, 0.3) is 0 Å². The molecule has 3 nitrogen and oxygen atoms in total. The minimum Gasteiger partial charge on any atom is -0.322 e. The SMILES string of the molecule is NC1(C(=O)Nc2cc(Br)c(F)cc2F)CCCC1. The van der Waals surface area contributed by atoms with Crippen LogP contribution in [-0.4, -0.2) is 11.4 Å². The van der Waals surface area contributed by atoms with Gasteiger partial charge in [-0.05, 0) is 34.8 Å². The number of anilines is 1. The molecule has 0 atom stereocenters. The Hall–Kier alpha value is -1.01. The maximum Gasteiger partial charge on any atom is 0.244 e. The predicted octanol–water partition coefficient (Wildman–Crippen LogP) is 2.94. The van der Waals surface area contributed by atoms with Gasteiger partial charge >= 0.3 is 0 Å². The highest BCUT2D eigenvalue weighted by atomic mass is 79.9. The maximum atomic E-state index is 13.5. The molecule has 2 rings (SSSR count). The Labute approximate surface area is 112 Å². The molecule has 0 radical (unpaired) electrons. The van der Waals surface area contributed by atoms with Crippen molar-refractivity contribution in [3.63, 3.8) is 0 Å². The molecule has 0 heterocycles. The molecule has 1 aromatic carbocycles. The van der Waals surface area contributed by atoms with Crippen LogP contribution in [0.1, 0.15) is 25.7 Å². The molecule has 1 aromatic rings. The number of nitrogens with one attached hydrogen (secondary N) is 1. The van der Waals surface area contributed by atoms with E-state index in [4.69, 9.17) is 5.73 Å². The number of halogens is 3. The van der Waals surface area contributed by atoms with Gasteiger partial charge in [0.15, 0.2) is 0 Å². The number of nitrogens with two attached hydrogens (primary N) is 1. The molecule has 0 spiro atoms. The minimum atomic E-state index is -0.937. The summed E-state index contributed by atoms with van der Waals surface area (Å²) in [7, 11) is 0. The summed E-state index contributed by atoms with van der Waals surface area (Å²) >= 11 is 2.94. The van der Waals surface area contributed by atoms with Crippen LogP contribution in [-0.2, 0) is 4.79 Å². The average Bonchev–Trinajstić information content (AvgIpc) is 2.74. The summed E-state index contributed by atoms with van der Waals surface area (Å²) in [5.74, 6) is -1.95. The van der Waals surface area contributed by atoms with E-state index in [2.05, 4.69) is 21.2 Å². The van der Waals surface area contributed by atoms with Gasteiger partial charge in [-0.1, -0.05) is 12.8 Å². The monoisotopic (exact) mass is 318 g/mol. The van der Waals surface area contributed by atoms with Crippen molar-refractivity contribution < 1.29 is 13.6 Å². The first-order valence-corrected chi connectivity index (χ1v) is 6.46. The topological polar surface area (TPSA) is 55.1 Å². The molecule has 98 valence electrons. The molecule has 1 amide bonds. The second kappa shape index (κ2) is 4.93. The zero-order valence-corrected chi connectivity index (χ0v) is 11.2. The Morgan fingerprint density at radius 2 is 1.89 bits per heavy atom. The average molecular weight is 319 g/mol. The molecular weight excluding hydrogens is 306 g/mol. The Balaban J connectivity index is 2.19. The van der Waals surface area contributed by atoms with Crippen LogP contribution < -0.4 is 11.1 Å². The van der Waals surface area contributed by atoms with Gasteiger partial charge in [0.2, 0.25) is 5.91 Å². The van der Waals surface area contributed by atoms with Crippen molar-refractivity contribution in [1.29, 1.82) is 0 Å². The Bertz CT molecular complexity index is 487. The number of carbonyl (C=O) groups excluding carboxylic acids is 1. The highest BCUT2D eigenvalue weighted by molar-refractivity contribution is 9.10. The van der Waals surface area contributed by atoms with Gasteiger partial charge in [-0.15, -0.1) is 0 Å². The van der Waals surface area contributed by atoms with Gasteiger partial charge < -0.3 is 11.1 Å². The van der Waals surface area contributed by atoms with Gasteiger partial charge in [-0.2, -0.15) is 0 Å². The van der Waals surface area contributed by atoms with Gasteiger partial charge in [-0.3, -0.25) is 4.79 Å². The smallest absolute Gasteiger partial charge is 0.244 e. The van der Waals surface area contributed by atoms with Crippen LogP contribution in [0.25, 0.3) is 0 Å². The lowest BCUT2D eigenvalue weighted by atomic mass is 9.98. The fourth-order valence-electron chi connectivity index (χ4n) is 2.10. The number of hydrogen-bond acceptors (Lipinski definition) is 2. The van der Waals surface area contributed by atoms with E-state index >= 15 is 0 Å². The molecule has 0 aliphatic heterocycles. The van der Waals surface area contributed by atoms with Crippen molar-refractivity contribution >= 4 is 27.5 Å². The minimum absolute atomic E-state index is 0.0648. The lowest BCUT2D eigenvalue weighted by Crippen LogP contribution is -2.48. The second-order valence-corrected chi connectivity index (χ2v) is 5.42. The summed E-state index contributed by atoms with van der Waals surface area (Å²) in [4.78, 5) is 12.0. The number of hydrogen-bond donors (Lipinski definition) is 2. The molecule has 1 aliphatic carbocycles. The molecule has 0 unspecified atom stereocenters. The summed E-state index contributed by atoms with van der Waals surface area (Å²) in [6.45, 7) is 0. The molecule has 1 aliphatic rings. The molecule has 0 saturated heterocycles. The lowest BCUT2D eigenvalue weighted by Gasteiger charge is -2.22. The van der Waals surface area contributed by atoms with Crippen molar-refractivity contribution in [2.24, 2.45) is 5.73 Å². The third-order valence-electron chi connectivity index (χ3n) is 3.21. The lowest BCUT2D eigenvalue weighted by molar-refractivity contribution is -0.121. The fourth-order valence-corrected chi connectivity index (χ4v) is 2.44. The van der Waals surface area contributed by atoms with Crippen LogP contribution in [0.4, 0.5) is 14.5 Å². The summed E-state index contributed by atoms with van der Waals surface area (Å²) in [6.07, 6.45) is 2.95. The van der Waals surface area contributed by atoms with Gasteiger partial charge in [0.05, 0.1) is 15.7 Å². The van der Waals surface area contributed by atoms with E-state index in [1.54, 1.807) is 0 Å². The Morgan fingerprint density at radius 3 is 2.50 bits per heavy atom. The van der Waals surface area contributed by atoms with Crippen LogP contribution in [0.5, 0.6) is 0 Å². The highest BCUT2D eigenvalue weighted by Gasteiger charge is 2.37. The van der Waals surface area contributed by atoms with Gasteiger partial charge in [0.1, 0.15) is 11.6 Å². The number of benzene rings is 1. The molecule has 6 heteroatoms. The predicted molar refractivity (Wildman–Crippen MR) is 68.1 cm³/mol. The number of carbonyl (C=O) groups is 1. The molecular formula is C12H13BrF2N2O. The first-order chi connectivity index (χ1) is 8.42. The Morgan fingerprint density at radius 1 is 1.28 bits per heavy atom. The van der Waals surface area contributed by atoms with Crippen molar-refractivity contribution in [1.82, 2.24) is 0 Å². The third kappa shape index (κ3) is 2.54. The molecule has 1 saturated carbocycles. The van der Waals surface area contributed by atoms with E-state index < -0.39 is 23.1 Å².